The van der Waals surface area contributed by atoms with Crippen molar-refractivity contribution < 1.29 is 13.6 Å². The van der Waals surface area contributed by atoms with Crippen LogP contribution in [0.15, 0.2) is 46.0 Å². The molecule has 0 aliphatic carbocycles. The van der Waals surface area contributed by atoms with Crippen molar-refractivity contribution in [2.75, 3.05) is 5.75 Å². The van der Waals surface area contributed by atoms with Gasteiger partial charge in [0.2, 0.25) is 0 Å². The molecule has 0 N–H and O–H groups in total. The lowest BCUT2D eigenvalue weighted by molar-refractivity contribution is 0.102. The smallest absolute Gasteiger partial charge is 0.277 e. The number of benzene rings is 1. The first kappa shape index (κ1) is 15.2. The Labute approximate surface area is 138 Å². The molecule has 0 unspecified atom stereocenters. The zero-order valence-corrected chi connectivity index (χ0v) is 13.3. The Bertz CT molecular complexity index is 819. The molecule has 0 radical (unpaired) electrons. The van der Waals surface area contributed by atoms with Crippen LogP contribution in [0.5, 0.6) is 0 Å². The van der Waals surface area contributed by atoms with Crippen molar-refractivity contribution in [2.24, 2.45) is 0 Å². The Hall–Kier alpha value is -1.70. The highest BCUT2D eigenvalue weighted by Crippen LogP contribution is 2.27. The third-order valence-electron chi connectivity index (χ3n) is 2.69. The van der Waals surface area contributed by atoms with E-state index in [1.54, 1.807) is 30.3 Å². The molecule has 3 rings (SSSR count). The van der Waals surface area contributed by atoms with E-state index >= 15 is 0 Å². The number of hydrogen-bond acceptors (Lipinski definition) is 6. The molecular formula is C14H8ClFN2O2S2. The van der Waals surface area contributed by atoms with Crippen LogP contribution in [0.4, 0.5) is 4.39 Å². The van der Waals surface area contributed by atoms with Crippen molar-refractivity contribution in [2.45, 2.75) is 5.22 Å². The molecule has 0 saturated heterocycles. The first-order valence-electron chi connectivity index (χ1n) is 6.13. The molecule has 0 bridgehead atoms. The Morgan fingerprint density at radius 3 is 2.82 bits per heavy atom. The summed E-state index contributed by atoms with van der Waals surface area (Å²) in [5.41, 5.74) is 0.234. The van der Waals surface area contributed by atoms with Gasteiger partial charge < -0.3 is 4.42 Å². The maximum atomic E-state index is 13.6. The van der Waals surface area contributed by atoms with Crippen molar-refractivity contribution in [3.63, 3.8) is 0 Å². The van der Waals surface area contributed by atoms with E-state index < -0.39 is 5.82 Å². The number of nitrogens with zero attached hydrogens (tertiary/aromatic N) is 2. The Morgan fingerprint density at radius 1 is 1.27 bits per heavy atom. The molecule has 112 valence electrons. The Balaban J connectivity index is 1.67. The molecule has 0 aliphatic heterocycles. The number of thiophene rings is 1. The van der Waals surface area contributed by atoms with E-state index in [1.165, 1.54) is 17.4 Å². The second-order valence-corrected chi connectivity index (χ2v) is 6.81. The minimum atomic E-state index is -0.438. The highest BCUT2D eigenvalue weighted by atomic mass is 35.5. The molecule has 0 amide bonds. The van der Waals surface area contributed by atoms with Crippen LogP contribution in [-0.4, -0.2) is 21.7 Å². The molecule has 22 heavy (non-hydrogen) atoms. The zero-order valence-electron chi connectivity index (χ0n) is 11.0. The first-order chi connectivity index (χ1) is 10.6. The van der Waals surface area contributed by atoms with Crippen LogP contribution in [0.2, 0.25) is 4.34 Å². The van der Waals surface area contributed by atoms with E-state index in [0.29, 0.717) is 9.21 Å². The van der Waals surface area contributed by atoms with Crippen LogP contribution >= 0.6 is 34.7 Å². The molecule has 0 atom stereocenters. The van der Waals surface area contributed by atoms with Gasteiger partial charge in [0.25, 0.3) is 11.1 Å². The lowest BCUT2D eigenvalue weighted by Gasteiger charge is -1.96. The summed E-state index contributed by atoms with van der Waals surface area (Å²) in [6.45, 7) is 0. The molecule has 0 fully saturated rings. The number of thioether (sulfide) groups is 1. The minimum Gasteiger partial charge on any atom is -0.411 e. The predicted octanol–water partition coefficient (Wildman–Crippen LogP) is 4.57. The summed E-state index contributed by atoms with van der Waals surface area (Å²) in [5.74, 6) is -0.276. The molecule has 0 spiro atoms. The maximum Gasteiger partial charge on any atom is 0.277 e. The van der Waals surface area contributed by atoms with Crippen molar-refractivity contribution in [1.29, 1.82) is 0 Å². The predicted molar refractivity (Wildman–Crippen MR) is 84.1 cm³/mol. The SMILES string of the molecule is O=C(CSc1nnc(-c2ccccc2F)o1)c1ccc(Cl)s1. The number of carbonyl (C=O) groups is 1. The van der Waals surface area contributed by atoms with E-state index in [2.05, 4.69) is 10.2 Å². The number of Topliss-reactive ketones (excluding diaryl/α,β-unsaturated/α-hetero) is 1. The quantitative estimate of drug-likeness (QED) is 0.496. The van der Waals surface area contributed by atoms with Gasteiger partial charge in [-0.15, -0.1) is 21.5 Å². The van der Waals surface area contributed by atoms with Crippen LogP contribution in [-0.2, 0) is 0 Å². The average molecular weight is 355 g/mol. The van der Waals surface area contributed by atoms with Gasteiger partial charge in [-0.1, -0.05) is 35.5 Å². The first-order valence-corrected chi connectivity index (χ1v) is 8.31. The second-order valence-electron chi connectivity index (χ2n) is 4.17. The maximum absolute atomic E-state index is 13.6. The van der Waals surface area contributed by atoms with Crippen molar-refractivity contribution in [1.82, 2.24) is 10.2 Å². The third-order valence-corrected chi connectivity index (χ3v) is 4.78. The van der Waals surface area contributed by atoms with E-state index in [4.69, 9.17) is 16.0 Å². The van der Waals surface area contributed by atoms with E-state index in [0.717, 1.165) is 11.8 Å². The van der Waals surface area contributed by atoms with Crippen molar-refractivity contribution in [3.8, 4) is 11.5 Å². The van der Waals surface area contributed by atoms with Crippen LogP contribution in [0.1, 0.15) is 9.67 Å². The highest BCUT2D eigenvalue weighted by Gasteiger charge is 2.15. The van der Waals surface area contributed by atoms with E-state index in [-0.39, 0.29) is 28.2 Å². The van der Waals surface area contributed by atoms with Gasteiger partial charge in [-0.25, -0.2) is 4.39 Å². The number of halogens is 2. The molecule has 2 aromatic heterocycles. The number of aromatic nitrogens is 2. The molecule has 1 aromatic carbocycles. The summed E-state index contributed by atoms with van der Waals surface area (Å²) in [5, 5.41) is 7.82. The number of carbonyl (C=O) groups excluding carboxylic acids is 1. The van der Waals surface area contributed by atoms with Gasteiger partial charge in [-0.2, -0.15) is 0 Å². The van der Waals surface area contributed by atoms with Crippen LogP contribution in [0.3, 0.4) is 0 Å². The molecule has 3 aromatic rings. The van der Waals surface area contributed by atoms with Gasteiger partial charge in [0.15, 0.2) is 5.78 Å². The third kappa shape index (κ3) is 3.37. The lowest BCUT2D eigenvalue weighted by Crippen LogP contribution is -1.98. The zero-order chi connectivity index (χ0) is 15.5. The number of rotatable bonds is 5. The van der Waals surface area contributed by atoms with Gasteiger partial charge in [0.1, 0.15) is 5.82 Å². The Kier molecular flexibility index (Phi) is 4.56. The van der Waals surface area contributed by atoms with Crippen LogP contribution < -0.4 is 0 Å². The second kappa shape index (κ2) is 6.60. The summed E-state index contributed by atoms with van der Waals surface area (Å²) in [6.07, 6.45) is 0. The normalized spacial score (nSPS) is 10.8. The minimum absolute atomic E-state index is 0.0764. The van der Waals surface area contributed by atoms with Gasteiger partial charge in [-0.3, -0.25) is 4.79 Å². The summed E-state index contributed by atoms with van der Waals surface area (Å²) >= 11 is 8.12. The monoisotopic (exact) mass is 354 g/mol. The van der Waals surface area contributed by atoms with Gasteiger partial charge in [0.05, 0.1) is 20.5 Å². The largest absolute Gasteiger partial charge is 0.411 e. The topological polar surface area (TPSA) is 56.0 Å². The van der Waals surface area contributed by atoms with Gasteiger partial charge in [0, 0.05) is 0 Å². The summed E-state index contributed by atoms with van der Waals surface area (Å²) in [7, 11) is 0. The molecular weight excluding hydrogens is 347 g/mol. The van der Waals surface area contributed by atoms with Crippen molar-refractivity contribution in [3.05, 3.63) is 51.4 Å². The summed E-state index contributed by atoms with van der Waals surface area (Å²) in [6, 6.07) is 9.48. The van der Waals surface area contributed by atoms with Crippen LogP contribution in [0, 0.1) is 5.82 Å². The van der Waals surface area contributed by atoms with E-state index in [9.17, 15) is 9.18 Å². The summed E-state index contributed by atoms with van der Waals surface area (Å²) < 4.78 is 19.6. The molecule has 0 aliphatic rings. The fourth-order valence-corrected chi connectivity index (χ4v) is 3.39. The molecule has 8 heteroatoms. The highest BCUT2D eigenvalue weighted by molar-refractivity contribution is 7.99. The molecule has 2 heterocycles. The lowest BCUT2D eigenvalue weighted by atomic mass is 10.2. The fourth-order valence-electron chi connectivity index (χ4n) is 1.67. The molecule has 4 nitrogen and oxygen atoms in total. The van der Waals surface area contributed by atoms with E-state index in [1.807, 2.05) is 0 Å². The van der Waals surface area contributed by atoms with Gasteiger partial charge >= 0.3 is 0 Å². The number of ketones is 1. The number of hydrogen-bond donors (Lipinski definition) is 0. The average Bonchev–Trinajstić information content (AvgIpc) is 3.14. The molecule has 0 saturated carbocycles. The van der Waals surface area contributed by atoms with Gasteiger partial charge in [-0.05, 0) is 24.3 Å². The van der Waals surface area contributed by atoms with Crippen molar-refractivity contribution >= 4 is 40.5 Å². The summed E-state index contributed by atoms with van der Waals surface area (Å²) in [4.78, 5) is 12.5. The fraction of sp³-hybridized carbons (Fsp3) is 0.0714. The Morgan fingerprint density at radius 2 is 2.09 bits per heavy atom. The van der Waals surface area contributed by atoms with Crippen LogP contribution in [0.25, 0.3) is 11.5 Å². The standard InChI is InChI=1S/C14H8ClFN2O2S2/c15-12-6-5-11(22-12)10(19)7-21-14-18-17-13(20-14)8-3-1-2-4-9(8)16/h1-6H,7H2.